The van der Waals surface area contributed by atoms with Crippen LogP contribution in [0.15, 0.2) is 77.3 Å². The molecular weight excluding hydrogens is 813 g/mol. The maximum atomic E-state index is 13.5. The summed E-state index contributed by atoms with van der Waals surface area (Å²) in [6.07, 6.45) is 2.65. The van der Waals surface area contributed by atoms with Crippen LogP contribution in [0.3, 0.4) is 0 Å². The van der Waals surface area contributed by atoms with Gasteiger partial charge in [-0.05, 0) is 69.0 Å². The Hall–Kier alpha value is -7.54. The smallest absolute Gasteiger partial charge is 0.339 e. The second kappa shape index (κ2) is 16.4. The topological polar surface area (TPSA) is 251 Å². The molecule has 2 aromatic heterocycles. The van der Waals surface area contributed by atoms with Crippen LogP contribution in [-0.2, 0) is 24.7 Å². The number of esters is 1. The van der Waals surface area contributed by atoms with Crippen molar-refractivity contribution >= 4 is 58.6 Å². The minimum Gasteiger partial charge on any atom is -0.451 e. The molecule has 0 bridgehead atoms. The molecule has 5 aromatic rings. The molecule has 3 aromatic carbocycles. The van der Waals surface area contributed by atoms with Crippen LogP contribution in [0.2, 0.25) is 0 Å². The minimum absolute atomic E-state index is 0.00732. The molecular formula is C44H42N10O9. The summed E-state index contributed by atoms with van der Waals surface area (Å²) in [5.41, 5.74) is 2.75. The first-order valence-corrected chi connectivity index (χ1v) is 20.5. The number of amides is 5. The summed E-state index contributed by atoms with van der Waals surface area (Å²) in [5, 5.41) is 30.9. The van der Waals surface area contributed by atoms with Crippen LogP contribution in [0.1, 0.15) is 99.6 Å². The molecule has 5 amide bonds. The Kier molecular flexibility index (Phi) is 10.6. The Morgan fingerprint density at radius 2 is 1.73 bits per heavy atom. The summed E-state index contributed by atoms with van der Waals surface area (Å²) in [5.74, 6) is -2.14. The third-order valence-electron chi connectivity index (χ3n) is 11.7. The summed E-state index contributed by atoms with van der Waals surface area (Å²) in [6.45, 7) is 4.03. The number of fused-ring (bicyclic) bond motifs is 2. The number of benzene rings is 3. The maximum Gasteiger partial charge on any atom is 0.339 e. The predicted molar refractivity (Wildman–Crippen MR) is 224 cm³/mol. The second-order valence-electron chi connectivity index (χ2n) is 16.2. The van der Waals surface area contributed by atoms with Crippen LogP contribution in [0, 0.1) is 0 Å². The maximum absolute atomic E-state index is 13.5. The van der Waals surface area contributed by atoms with Gasteiger partial charge in [0.2, 0.25) is 29.6 Å². The number of nitrogens with one attached hydrogen (secondary N) is 4. The minimum atomic E-state index is -1.10. The number of carbonyl (C=O) groups is 6. The van der Waals surface area contributed by atoms with E-state index < -0.39 is 41.3 Å². The van der Waals surface area contributed by atoms with Crippen LogP contribution < -0.4 is 21.3 Å². The molecule has 4 aliphatic rings. The molecule has 19 nitrogen and oxygen atoms in total. The Morgan fingerprint density at radius 1 is 0.937 bits per heavy atom. The summed E-state index contributed by atoms with van der Waals surface area (Å²) < 4.78 is 11.8. The first kappa shape index (κ1) is 40.8. The number of hydrogen-bond donors (Lipinski definition) is 5. The van der Waals surface area contributed by atoms with Gasteiger partial charge in [0.1, 0.15) is 17.5 Å². The molecule has 0 radical (unpaired) electrons. The second-order valence-corrected chi connectivity index (χ2v) is 16.2. The van der Waals surface area contributed by atoms with Crippen molar-refractivity contribution < 1.29 is 43.0 Å². The lowest BCUT2D eigenvalue weighted by atomic mass is 9.95. The highest BCUT2D eigenvalue weighted by molar-refractivity contribution is 6.25. The predicted octanol–water partition coefficient (Wildman–Crippen LogP) is 4.04. The number of anilines is 4. The number of aliphatic hydroxyl groups is 1. The molecule has 2 atom stereocenters. The number of piperidine rings is 2. The van der Waals surface area contributed by atoms with Crippen LogP contribution in [-0.4, -0.2) is 103 Å². The van der Waals surface area contributed by atoms with Crippen molar-refractivity contribution in [3.8, 4) is 11.5 Å². The zero-order valence-corrected chi connectivity index (χ0v) is 34.2. The molecule has 6 heterocycles. The van der Waals surface area contributed by atoms with Crippen molar-refractivity contribution in [2.75, 3.05) is 42.2 Å². The fourth-order valence-corrected chi connectivity index (χ4v) is 8.39. The lowest BCUT2D eigenvalue weighted by Gasteiger charge is -2.30. The van der Waals surface area contributed by atoms with E-state index >= 15 is 0 Å². The van der Waals surface area contributed by atoms with Gasteiger partial charge in [-0.25, -0.2) is 9.78 Å². The highest BCUT2D eigenvalue weighted by Gasteiger charge is 2.46. The Morgan fingerprint density at radius 3 is 2.49 bits per heavy atom. The van der Waals surface area contributed by atoms with Gasteiger partial charge in [0.15, 0.2) is 0 Å². The van der Waals surface area contributed by atoms with E-state index in [2.05, 4.69) is 36.4 Å². The lowest BCUT2D eigenvalue weighted by Crippen LogP contribution is -2.54. The van der Waals surface area contributed by atoms with E-state index in [4.69, 9.17) is 14.1 Å². The molecule has 1 unspecified atom stereocenters. The van der Waals surface area contributed by atoms with Gasteiger partial charge in [-0.2, -0.15) is 4.98 Å². The fourth-order valence-electron chi connectivity index (χ4n) is 8.39. The zero-order chi connectivity index (χ0) is 44.0. The third-order valence-corrected chi connectivity index (χ3v) is 11.7. The van der Waals surface area contributed by atoms with Gasteiger partial charge >= 0.3 is 5.97 Å². The summed E-state index contributed by atoms with van der Waals surface area (Å²) in [7, 11) is 0. The third kappa shape index (κ3) is 7.82. The molecule has 4 aliphatic heterocycles. The average molecular weight is 855 g/mol. The highest BCUT2D eigenvalue weighted by Crippen LogP contribution is 2.39. The normalized spacial score (nSPS) is 18.7. The van der Waals surface area contributed by atoms with Gasteiger partial charge in [-0.3, -0.25) is 34.2 Å². The first-order chi connectivity index (χ1) is 30.4. The van der Waals surface area contributed by atoms with Crippen molar-refractivity contribution in [3.63, 3.8) is 0 Å². The molecule has 9 rings (SSSR count). The molecule has 0 saturated carbocycles. The molecule has 0 spiro atoms. The summed E-state index contributed by atoms with van der Waals surface area (Å²) >= 11 is 0. The number of ether oxygens (including phenoxy) is 1. The van der Waals surface area contributed by atoms with E-state index in [1.54, 1.807) is 35.4 Å². The number of aliphatic hydroxyl groups excluding tert-OH is 1. The van der Waals surface area contributed by atoms with Crippen molar-refractivity contribution in [3.05, 3.63) is 107 Å². The Balaban J connectivity index is 0.870. The number of hydrogen-bond acceptors (Lipinski definition) is 16. The van der Waals surface area contributed by atoms with E-state index in [0.717, 1.165) is 16.0 Å². The summed E-state index contributed by atoms with van der Waals surface area (Å²) in [4.78, 5) is 88.6. The molecule has 19 heteroatoms. The standard InChI is InChI=1S/C44H42N10O9/c1-44(2)29-19-25(11-12-26(29)42(61)63-44)47-43-46-20-28(36(50-43)48-31(22-55)23-7-4-3-5-8-23)39-52-51-38(62-39)24-15-17-53(18-16-24)34(57)21-45-30-10-6-9-27-35(30)41(60)54(40(27)59)32-13-14-33(56)49-37(32)58/h3-12,19-20,24,31-32,45,55H,13-18,21-22H2,1-2H3,(H,49,56,58)(H2,46,47,48,50)/t31-,32?/m1/s1. The SMILES string of the molecule is CC1(C)OC(=O)c2ccc(Nc3ncc(-c4nnc(C5CCN(C(=O)CNc6cccc7c6C(=O)N(C6CCC(=O)NC6=O)C7=O)CC5)o4)c(N[C@H](CO)c4ccccc4)n3)cc21. The molecule has 63 heavy (non-hydrogen) atoms. The van der Waals surface area contributed by atoms with E-state index in [1.165, 1.54) is 6.07 Å². The number of carbonyl (C=O) groups excluding carboxylic acids is 6. The lowest BCUT2D eigenvalue weighted by molar-refractivity contribution is -0.136. The number of cyclic esters (lactones) is 1. The number of aromatic nitrogens is 4. The zero-order valence-electron chi connectivity index (χ0n) is 34.2. The fraction of sp³-hybridized carbons (Fsp3) is 0.318. The van der Waals surface area contributed by atoms with Crippen molar-refractivity contribution in [2.45, 2.75) is 63.1 Å². The number of imide groups is 2. The number of nitrogens with zero attached hydrogens (tertiary/aromatic N) is 6. The van der Waals surface area contributed by atoms with Crippen LogP contribution >= 0.6 is 0 Å². The van der Waals surface area contributed by atoms with Crippen molar-refractivity contribution in [1.82, 2.24) is 35.3 Å². The van der Waals surface area contributed by atoms with E-state index in [1.807, 2.05) is 50.2 Å². The van der Waals surface area contributed by atoms with Gasteiger partial charge in [-0.1, -0.05) is 36.4 Å². The van der Waals surface area contributed by atoms with Crippen LogP contribution in [0.25, 0.3) is 11.5 Å². The van der Waals surface area contributed by atoms with Gasteiger partial charge in [0.05, 0.1) is 41.4 Å². The first-order valence-electron chi connectivity index (χ1n) is 20.5. The average Bonchev–Trinajstić information content (AvgIpc) is 3.94. The molecule has 322 valence electrons. The van der Waals surface area contributed by atoms with Crippen LogP contribution in [0.4, 0.5) is 23.1 Å². The molecule has 2 fully saturated rings. The largest absolute Gasteiger partial charge is 0.451 e. The molecule has 0 aliphatic carbocycles. The number of rotatable bonds is 12. The van der Waals surface area contributed by atoms with E-state index in [0.29, 0.717) is 54.5 Å². The Labute approximate surface area is 359 Å². The highest BCUT2D eigenvalue weighted by atomic mass is 16.6. The molecule has 2 saturated heterocycles. The van der Waals surface area contributed by atoms with Crippen molar-refractivity contribution in [1.29, 1.82) is 0 Å². The van der Waals surface area contributed by atoms with Gasteiger partial charge < -0.3 is 35.1 Å². The van der Waals surface area contributed by atoms with E-state index in [9.17, 15) is 33.9 Å². The van der Waals surface area contributed by atoms with Gasteiger partial charge in [-0.15, -0.1) is 10.2 Å². The monoisotopic (exact) mass is 854 g/mol. The van der Waals surface area contributed by atoms with Crippen molar-refractivity contribution in [2.24, 2.45) is 0 Å². The quantitative estimate of drug-likeness (QED) is 0.0877. The van der Waals surface area contributed by atoms with Gasteiger partial charge in [0.25, 0.3) is 17.7 Å². The van der Waals surface area contributed by atoms with Crippen LogP contribution in [0.5, 0.6) is 0 Å². The summed E-state index contributed by atoms with van der Waals surface area (Å²) in [6, 6.07) is 17.7. The Bertz CT molecular complexity index is 2680. The number of likely N-dealkylation sites (tertiary alicyclic amines) is 1. The van der Waals surface area contributed by atoms with E-state index in [-0.39, 0.29) is 72.4 Å². The van der Waals surface area contributed by atoms with Gasteiger partial charge in [0, 0.05) is 48.6 Å². The molecule has 5 N–H and O–H groups in total.